The number of hydrogen-bond donors (Lipinski definition) is 2. The first-order valence-electron chi connectivity index (χ1n) is 7.24. The van der Waals surface area contributed by atoms with E-state index in [-0.39, 0.29) is 17.5 Å². The van der Waals surface area contributed by atoms with E-state index in [0.29, 0.717) is 10.7 Å². The zero-order valence-electron chi connectivity index (χ0n) is 11.8. The van der Waals surface area contributed by atoms with Gasteiger partial charge in [0.2, 0.25) is 5.95 Å². The molecule has 1 saturated carbocycles. The van der Waals surface area contributed by atoms with E-state index >= 15 is 0 Å². The fourth-order valence-electron chi connectivity index (χ4n) is 3.71. The lowest BCUT2D eigenvalue weighted by molar-refractivity contribution is 0.0408. The molecule has 20 heavy (non-hydrogen) atoms. The van der Waals surface area contributed by atoms with Crippen LogP contribution in [0.4, 0.5) is 11.8 Å². The van der Waals surface area contributed by atoms with Crippen LogP contribution in [0.3, 0.4) is 0 Å². The number of nitrogen functional groups attached to an aromatic ring is 1. The van der Waals surface area contributed by atoms with Crippen molar-refractivity contribution in [1.82, 2.24) is 9.97 Å². The quantitative estimate of drug-likeness (QED) is 0.830. The number of aliphatic hydroxyl groups excluding tert-OH is 1. The topological polar surface area (TPSA) is 75.3 Å². The van der Waals surface area contributed by atoms with E-state index in [1.54, 1.807) is 0 Å². The maximum atomic E-state index is 10.3. The second-order valence-corrected chi connectivity index (χ2v) is 6.48. The van der Waals surface area contributed by atoms with Gasteiger partial charge in [0.25, 0.3) is 0 Å². The average molecular weight is 297 g/mol. The first-order chi connectivity index (χ1) is 9.52. The fraction of sp³-hybridized carbons (Fsp3) is 0.714. The van der Waals surface area contributed by atoms with Gasteiger partial charge in [-0.2, -0.15) is 4.98 Å². The predicted molar refractivity (Wildman–Crippen MR) is 79.9 cm³/mol. The van der Waals surface area contributed by atoms with Crippen LogP contribution in [0.2, 0.25) is 5.02 Å². The highest BCUT2D eigenvalue weighted by atomic mass is 35.5. The van der Waals surface area contributed by atoms with Crippen molar-refractivity contribution >= 4 is 23.4 Å². The van der Waals surface area contributed by atoms with E-state index < -0.39 is 0 Å². The minimum absolute atomic E-state index is 0.00912. The first kappa shape index (κ1) is 13.9. The Morgan fingerprint density at radius 3 is 2.80 bits per heavy atom. The van der Waals surface area contributed by atoms with Crippen LogP contribution in [0, 0.1) is 12.3 Å². The Morgan fingerprint density at radius 2 is 2.10 bits per heavy atom. The molecule has 5 nitrogen and oxygen atoms in total. The lowest BCUT2D eigenvalue weighted by Crippen LogP contribution is -2.47. The lowest BCUT2D eigenvalue weighted by Gasteiger charge is -2.43. The smallest absolute Gasteiger partial charge is 0.222 e. The Labute approximate surface area is 124 Å². The molecule has 3 N–H and O–H groups in total. The number of aryl methyl sites for hydroxylation is 1. The monoisotopic (exact) mass is 296 g/mol. The van der Waals surface area contributed by atoms with Crippen molar-refractivity contribution in [2.75, 3.05) is 23.7 Å². The molecule has 0 radical (unpaired) electrons. The number of nitrogens with zero attached hydrogens (tertiary/aromatic N) is 3. The van der Waals surface area contributed by atoms with Crippen LogP contribution < -0.4 is 10.6 Å². The van der Waals surface area contributed by atoms with E-state index in [0.717, 1.165) is 51.0 Å². The maximum absolute atomic E-state index is 10.3. The summed E-state index contributed by atoms with van der Waals surface area (Å²) in [5, 5.41) is 10.9. The van der Waals surface area contributed by atoms with E-state index in [1.807, 2.05) is 6.92 Å². The Kier molecular flexibility index (Phi) is 3.50. The Morgan fingerprint density at radius 1 is 1.35 bits per heavy atom. The Balaban J connectivity index is 1.91. The minimum atomic E-state index is -0.204. The molecule has 110 valence electrons. The van der Waals surface area contributed by atoms with Crippen LogP contribution in [0.5, 0.6) is 0 Å². The molecule has 0 amide bonds. The molecule has 1 saturated heterocycles. The number of rotatable bonds is 1. The van der Waals surface area contributed by atoms with E-state index in [9.17, 15) is 5.11 Å². The molecule has 2 aliphatic rings. The van der Waals surface area contributed by atoms with Crippen molar-refractivity contribution in [3.63, 3.8) is 0 Å². The van der Waals surface area contributed by atoms with Gasteiger partial charge in [-0.3, -0.25) is 0 Å². The summed E-state index contributed by atoms with van der Waals surface area (Å²) in [4.78, 5) is 10.6. The second kappa shape index (κ2) is 5.04. The van der Waals surface area contributed by atoms with Crippen LogP contribution in [0.15, 0.2) is 0 Å². The third kappa shape index (κ3) is 2.23. The molecule has 1 spiro atoms. The SMILES string of the molecule is Cc1nc(N)nc(N2CCC[C@]3(CCC[C@H]3O)C2)c1Cl. The highest BCUT2D eigenvalue weighted by molar-refractivity contribution is 6.33. The highest BCUT2D eigenvalue weighted by Gasteiger charge is 2.45. The van der Waals surface area contributed by atoms with Crippen molar-refractivity contribution in [3.8, 4) is 0 Å². The van der Waals surface area contributed by atoms with Gasteiger partial charge in [-0.1, -0.05) is 18.0 Å². The standard InChI is InChI=1S/C14H21ClN4O/c1-9-11(15)12(18-13(16)17-9)19-7-3-6-14(8-19)5-2-4-10(14)20/h10,20H,2-8H2,1H3,(H2,16,17,18)/t10-,14-/m1/s1. The molecule has 2 heterocycles. The normalized spacial score (nSPS) is 30.1. The van der Waals surface area contributed by atoms with Gasteiger partial charge < -0.3 is 15.7 Å². The van der Waals surface area contributed by atoms with Crippen molar-refractivity contribution in [3.05, 3.63) is 10.7 Å². The molecular weight excluding hydrogens is 276 g/mol. The summed E-state index contributed by atoms with van der Waals surface area (Å²) < 4.78 is 0. The van der Waals surface area contributed by atoms with Gasteiger partial charge in [-0.05, 0) is 32.6 Å². The number of anilines is 2. The summed E-state index contributed by atoms with van der Waals surface area (Å²) in [5.41, 5.74) is 6.47. The molecule has 1 aliphatic carbocycles. The zero-order valence-corrected chi connectivity index (χ0v) is 12.5. The molecule has 2 fully saturated rings. The second-order valence-electron chi connectivity index (χ2n) is 6.10. The number of nitrogens with two attached hydrogens (primary N) is 1. The molecule has 6 heteroatoms. The summed E-state index contributed by atoms with van der Waals surface area (Å²) in [6.07, 6.45) is 5.03. The minimum Gasteiger partial charge on any atom is -0.392 e. The van der Waals surface area contributed by atoms with E-state index in [1.165, 1.54) is 0 Å². The molecule has 1 aliphatic heterocycles. The fourth-order valence-corrected chi connectivity index (χ4v) is 3.92. The number of piperidine rings is 1. The van der Waals surface area contributed by atoms with Crippen molar-refractivity contribution in [2.45, 2.75) is 45.1 Å². The largest absolute Gasteiger partial charge is 0.392 e. The molecular formula is C14H21ClN4O. The van der Waals surface area contributed by atoms with Crippen LogP contribution in [-0.4, -0.2) is 34.3 Å². The van der Waals surface area contributed by atoms with Gasteiger partial charge in [-0.15, -0.1) is 0 Å². The molecule has 0 aromatic carbocycles. The summed E-state index contributed by atoms with van der Waals surface area (Å²) in [6, 6.07) is 0. The van der Waals surface area contributed by atoms with E-state index in [2.05, 4.69) is 14.9 Å². The van der Waals surface area contributed by atoms with Crippen LogP contribution >= 0.6 is 11.6 Å². The number of hydrogen-bond acceptors (Lipinski definition) is 5. The van der Waals surface area contributed by atoms with Gasteiger partial charge in [0, 0.05) is 18.5 Å². The van der Waals surface area contributed by atoms with Crippen molar-refractivity contribution in [1.29, 1.82) is 0 Å². The molecule has 3 rings (SSSR count). The predicted octanol–water partition coefficient (Wildman–Crippen LogP) is 2.15. The first-order valence-corrected chi connectivity index (χ1v) is 7.62. The van der Waals surface area contributed by atoms with Gasteiger partial charge >= 0.3 is 0 Å². The number of aromatic nitrogens is 2. The van der Waals surface area contributed by atoms with Crippen LogP contribution in [-0.2, 0) is 0 Å². The third-order valence-corrected chi connectivity index (χ3v) is 5.23. The Hall–Kier alpha value is -1.07. The summed E-state index contributed by atoms with van der Waals surface area (Å²) in [6.45, 7) is 3.56. The van der Waals surface area contributed by atoms with Gasteiger partial charge in [0.15, 0.2) is 5.82 Å². The van der Waals surface area contributed by atoms with E-state index in [4.69, 9.17) is 17.3 Å². The summed E-state index contributed by atoms with van der Waals surface area (Å²) >= 11 is 6.35. The highest BCUT2D eigenvalue weighted by Crippen LogP contribution is 2.46. The molecule has 2 atom stereocenters. The van der Waals surface area contributed by atoms with Crippen molar-refractivity contribution in [2.24, 2.45) is 5.41 Å². The molecule has 1 aromatic rings. The van der Waals surface area contributed by atoms with Crippen LogP contribution in [0.1, 0.15) is 37.8 Å². The average Bonchev–Trinajstić information content (AvgIpc) is 2.75. The summed E-state index contributed by atoms with van der Waals surface area (Å²) in [7, 11) is 0. The zero-order chi connectivity index (χ0) is 14.3. The molecule has 0 bridgehead atoms. The van der Waals surface area contributed by atoms with Crippen molar-refractivity contribution < 1.29 is 5.11 Å². The van der Waals surface area contributed by atoms with Gasteiger partial charge in [0.05, 0.1) is 11.8 Å². The number of aliphatic hydroxyl groups is 1. The summed E-state index contributed by atoms with van der Waals surface area (Å²) in [5.74, 6) is 0.975. The third-order valence-electron chi connectivity index (χ3n) is 4.78. The van der Waals surface area contributed by atoms with Gasteiger partial charge in [-0.25, -0.2) is 4.98 Å². The molecule has 0 unspecified atom stereocenters. The Bertz CT molecular complexity index is 524. The van der Waals surface area contributed by atoms with Crippen LogP contribution in [0.25, 0.3) is 0 Å². The lowest BCUT2D eigenvalue weighted by atomic mass is 9.76. The number of halogens is 1. The molecule has 1 aromatic heterocycles. The maximum Gasteiger partial charge on any atom is 0.222 e. The van der Waals surface area contributed by atoms with Gasteiger partial charge in [0.1, 0.15) is 5.02 Å².